The smallest absolute Gasteiger partial charge is 0.0521 e. The van der Waals surface area contributed by atoms with E-state index in [1.807, 2.05) is 10.9 Å². The first kappa shape index (κ1) is 16.4. The minimum Gasteiger partial charge on any atom is -0.379 e. The zero-order chi connectivity index (χ0) is 11.8. The quantitative estimate of drug-likeness (QED) is 0.730. The highest BCUT2D eigenvalue weighted by Crippen LogP contribution is 1.98. The molecule has 0 saturated heterocycles. The van der Waals surface area contributed by atoms with Crippen molar-refractivity contribution in [2.24, 2.45) is 0 Å². The Kier molecular flexibility index (Phi) is 9.13. The molecular formula is C12H24ClN3O. The summed E-state index contributed by atoms with van der Waals surface area (Å²) in [6, 6.07) is 2.06. The molecule has 1 aromatic heterocycles. The number of aryl methyl sites for hydroxylation is 1. The third-order valence-corrected chi connectivity index (χ3v) is 2.36. The van der Waals surface area contributed by atoms with E-state index >= 15 is 0 Å². The van der Waals surface area contributed by atoms with Crippen LogP contribution in [0.1, 0.15) is 32.9 Å². The van der Waals surface area contributed by atoms with Crippen molar-refractivity contribution in [2.45, 2.75) is 46.4 Å². The van der Waals surface area contributed by atoms with Gasteiger partial charge in [-0.25, -0.2) is 0 Å². The standard InChI is InChI=1S/C12H23N3O.ClH/c1-4-15-12(6-8-14-15)10-13-7-5-9-16-11(2)3;/h6,8,11,13H,4-5,7,9-10H2,1-3H3;1H. The third kappa shape index (κ3) is 6.66. The Morgan fingerprint density at radius 2 is 2.24 bits per heavy atom. The molecule has 0 unspecified atom stereocenters. The Hall–Kier alpha value is -0.580. The van der Waals surface area contributed by atoms with Crippen LogP contribution in [0.2, 0.25) is 0 Å². The van der Waals surface area contributed by atoms with Crippen LogP contribution in [0.3, 0.4) is 0 Å². The molecule has 0 spiro atoms. The Balaban J connectivity index is 0.00000256. The van der Waals surface area contributed by atoms with Crippen LogP contribution >= 0.6 is 12.4 Å². The highest BCUT2D eigenvalue weighted by atomic mass is 35.5. The van der Waals surface area contributed by atoms with Crippen molar-refractivity contribution in [3.8, 4) is 0 Å². The molecule has 0 saturated carbocycles. The maximum absolute atomic E-state index is 5.47. The average molecular weight is 262 g/mol. The summed E-state index contributed by atoms with van der Waals surface area (Å²) in [5, 5.41) is 7.62. The van der Waals surface area contributed by atoms with Crippen LogP contribution in [0.4, 0.5) is 0 Å². The van der Waals surface area contributed by atoms with Gasteiger partial charge in [-0.15, -0.1) is 12.4 Å². The van der Waals surface area contributed by atoms with Gasteiger partial charge in [-0.3, -0.25) is 4.68 Å². The molecule has 0 fully saturated rings. The Labute approximate surface area is 110 Å². The van der Waals surface area contributed by atoms with Crippen LogP contribution in [-0.4, -0.2) is 29.0 Å². The summed E-state index contributed by atoms with van der Waals surface area (Å²) < 4.78 is 7.48. The van der Waals surface area contributed by atoms with Crippen molar-refractivity contribution in [1.82, 2.24) is 15.1 Å². The lowest BCUT2D eigenvalue weighted by Crippen LogP contribution is -2.19. The molecule has 0 aliphatic carbocycles. The number of hydrogen-bond acceptors (Lipinski definition) is 3. The summed E-state index contributed by atoms with van der Waals surface area (Å²) in [5.41, 5.74) is 1.24. The predicted molar refractivity (Wildman–Crippen MR) is 72.6 cm³/mol. The first-order valence-electron chi connectivity index (χ1n) is 6.07. The van der Waals surface area contributed by atoms with Crippen molar-refractivity contribution < 1.29 is 4.74 Å². The molecule has 1 N–H and O–H groups in total. The number of rotatable bonds is 8. The first-order valence-corrected chi connectivity index (χ1v) is 6.07. The Morgan fingerprint density at radius 1 is 1.47 bits per heavy atom. The van der Waals surface area contributed by atoms with Gasteiger partial charge in [0.1, 0.15) is 0 Å². The second-order valence-electron chi connectivity index (χ2n) is 4.09. The van der Waals surface area contributed by atoms with E-state index in [-0.39, 0.29) is 12.4 Å². The van der Waals surface area contributed by atoms with Crippen LogP contribution in [0, 0.1) is 0 Å². The summed E-state index contributed by atoms with van der Waals surface area (Å²) in [6.07, 6.45) is 3.24. The molecule has 4 nitrogen and oxygen atoms in total. The molecule has 100 valence electrons. The maximum atomic E-state index is 5.47. The number of halogens is 1. The van der Waals surface area contributed by atoms with E-state index in [1.54, 1.807) is 0 Å². The molecule has 5 heteroatoms. The van der Waals surface area contributed by atoms with Gasteiger partial charge >= 0.3 is 0 Å². The van der Waals surface area contributed by atoms with E-state index in [0.717, 1.165) is 32.7 Å². The molecule has 0 radical (unpaired) electrons. The molecule has 0 aliphatic heterocycles. The topological polar surface area (TPSA) is 39.1 Å². The van der Waals surface area contributed by atoms with Crippen LogP contribution in [0.5, 0.6) is 0 Å². The summed E-state index contributed by atoms with van der Waals surface area (Å²) in [6.45, 7) is 9.86. The molecule has 0 atom stereocenters. The summed E-state index contributed by atoms with van der Waals surface area (Å²) in [4.78, 5) is 0. The monoisotopic (exact) mass is 261 g/mol. The van der Waals surface area contributed by atoms with Crippen LogP contribution < -0.4 is 5.32 Å². The number of nitrogens with one attached hydrogen (secondary N) is 1. The summed E-state index contributed by atoms with van der Waals surface area (Å²) in [7, 11) is 0. The van der Waals surface area contributed by atoms with Gasteiger partial charge in [0, 0.05) is 25.9 Å². The third-order valence-electron chi connectivity index (χ3n) is 2.36. The first-order chi connectivity index (χ1) is 7.74. The Morgan fingerprint density at radius 3 is 2.88 bits per heavy atom. The highest BCUT2D eigenvalue weighted by molar-refractivity contribution is 5.85. The number of aromatic nitrogens is 2. The van der Waals surface area contributed by atoms with Gasteiger partial charge in [-0.05, 0) is 39.8 Å². The second-order valence-corrected chi connectivity index (χ2v) is 4.09. The predicted octanol–water partition coefficient (Wildman–Crippen LogP) is 2.23. The van der Waals surface area contributed by atoms with E-state index < -0.39 is 0 Å². The van der Waals surface area contributed by atoms with Crippen molar-refractivity contribution in [3.63, 3.8) is 0 Å². The molecule has 0 aliphatic rings. The fourth-order valence-electron chi connectivity index (χ4n) is 1.53. The van der Waals surface area contributed by atoms with E-state index in [4.69, 9.17) is 4.74 Å². The van der Waals surface area contributed by atoms with E-state index in [0.29, 0.717) is 6.10 Å². The summed E-state index contributed by atoms with van der Waals surface area (Å²) >= 11 is 0. The lowest BCUT2D eigenvalue weighted by atomic mass is 10.4. The number of hydrogen-bond donors (Lipinski definition) is 1. The highest BCUT2D eigenvalue weighted by Gasteiger charge is 1.99. The zero-order valence-electron chi connectivity index (χ0n) is 11.0. The Bertz CT molecular complexity index is 289. The van der Waals surface area contributed by atoms with Crippen LogP contribution in [0.15, 0.2) is 12.3 Å². The number of ether oxygens (including phenoxy) is 1. The SMILES string of the molecule is CCn1nccc1CNCCCOC(C)C.Cl. The number of nitrogens with zero attached hydrogens (tertiary/aromatic N) is 2. The van der Waals surface area contributed by atoms with Gasteiger partial charge in [0.15, 0.2) is 0 Å². The van der Waals surface area contributed by atoms with Gasteiger partial charge in [0.25, 0.3) is 0 Å². The normalized spacial score (nSPS) is 10.6. The molecule has 0 aromatic carbocycles. The molecule has 0 bridgehead atoms. The summed E-state index contributed by atoms with van der Waals surface area (Å²) in [5.74, 6) is 0. The zero-order valence-corrected chi connectivity index (χ0v) is 11.8. The lowest BCUT2D eigenvalue weighted by molar-refractivity contribution is 0.0770. The largest absolute Gasteiger partial charge is 0.379 e. The van der Waals surface area contributed by atoms with Crippen molar-refractivity contribution >= 4 is 12.4 Å². The van der Waals surface area contributed by atoms with Crippen molar-refractivity contribution in [2.75, 3.05) is 13.2 Å². The van der Waals surface area contributed by atoms with E-state index in [1.165, 1.54) is 5.69 Å². The van der Waals surface area contributed by atoms with Crippen LogP contribution in [0.25, 0.3) is 0 Å². The maximum Gasteiger partial charge on any atom is 0.0521 e. The fraction of sp³-hybridized carbons (Fsp3) is 0.750. The van der Waals surface area contributed by atoms with Crippen molar-refractivity contribution in [1.29, 1.82) is 0 Å². The lowest BCUT2D eigenvalue weighted by Gasteiger charge is -2.08. The molecule has 1 aromatic rings. The molecule has 0 amide bonds. The minimum atomic E-state index is 0. The van der Waals surface area contributed by atoms with E-state index in [9.17, 15) is 0 Å². The van der Waals surface area contributed by atoms with Crippen molar-refractivity contribution in [3.05, 3.63) is 18.0 Å². The van der Waals surface area contributed by atoms with Gasteiger partial charge in [0.05, 0.1) is 11.8 Å². The molecule has 1 rings (SSSR count). The van der Waals surface area contributed by atoms with Gasteiger partial charge < -0.3 is 10.1 Å². The second kappa shape index (κ2) is 9.45. The molecule has 1 heterocycles. The van der Waals surface area contributed by atoms with Crippen LogP contribution in [-0.2, 0) is 17.8 Å². The van der Waals surface area contributed by atoms with Gasteiger partial charge in [-0.1, -0.05) is 0 Å². The average Bonchev–Trinajstić information content (AvgIpc) is 2.70. The fourth-order valence-corrected chi connectivity index (χ4v) is 1.53. The van der Waals surface area contributed by atoms with Gasteiger partial charge in [-0.2, -0.15) is 5.10 Å². The van der Waals surface area contributed by atoms with Gasteiger partial charge in [0.2, 0.25) is 0 Å². The van der Waals surface area contributed by atoms with E-state index in [2.05, 4.69) is 37.3 Å². The minimum absolute atomic E-state index is 0. The molecule has 17 heavy (non-hydrogen) atoms. The molecular weight excluding hydrogens is 238 g/mol.